The SMILES string of the molecule is C=CNc1cnc(N2CCN(CCOC)CC2)nc1C(N)=Nc1cc(C(=O)Nc2cc(N3CCN(CC)CC3)cc(C(F)(F)F)c2)ccc1C. The zero-order valence-corrected chi connectivity index (χ0v) is 28.8. The molecule has 268 valence electrons. The van der Waals surface area contributed by atoms with E-state index in [-0.39, 0.29) is 17.1 Å². The van der Waals surface area contributed by atoms with Gasteiger partial charge in [0.2, 0.25) is 5.95 Å². The number of nitrogens with zero attached hydrogens (tertiary/aromatic N) is 7. The van der Waals surface area contributed by atoms with Crippen LogP contribution in [-0.4, -0.2) is 111 Å². The van der Waals surface area contributed by atoms with E-state index in [4.69, 9.17) is 15.5 Å². The molecule has 50 heavy (non-hydrogen) atoms. The van der Waals surface area contributed by atoms with E-state index >= 15 is 0 Å². The van der Waals surface area contributed by atoms with Crippen LogP contribution in [0.2, 0.25) is 0 Å². The number of halogens is 3. The highest BCUT2D eigenvalue weighted by Crippen LogP contribution is 2.35. The summed E-state index contributed by atoms with van der Waals surface area (Å²) in [7, 11) is 1.69. The van der Waals surface area contributed by atoms with E-state index in [0.717, 1.165) is 70.1 Å². The number of methoxy groups -OCH3 is 1. The number of aliphatic imine (C=N–C) groups is 1. The number of amides is 1. The van der Waals surface area contributed by atoms with Gasteiger partial charge in [0.15, 0.2) is 5.84 Å². The van der Waals surface area contributed by atoms with E-state index in [9.17, 15) is 18.0 Å². The van der Waals surface area contributed by atoms with Gasteiger partial charge in [-0.05, 0) is 55.6 Å². The molecule has 0 unspecified atom stereocenters. The Hall–Kier alpha value is -4.73. The number of piperazine rings is 2. The molecule has 4 N–H and O–H groups in total. The highest BCUT2D eigenvalue weighted by atomic mass is 19.4. The second-order valence-corrected chi connectivity index (χ2v) is 12.2. The van der Waals surface area contributed by atoms with Crippen LogP contribution in [0, 0.1) is 6.92 Å². The minimum absolute atomic E-state index is 0.0519. The first kappa shape index (κ1) is 36.5. The summed E-state index contributed by atoms with van der Waals surface area (Å²) in [4.78, 5) is 35.9. The Morgan fingerprint density at radius 2 is 1.74 bits per heavy atom. The second kappa shape index (κ2) is 16.3. The van der Waals surface area contributed by atoms with Crippen molar-refractivity contribution in [2.45, 2.75) is 20.0 Å². The number of rotatable bonds is 12. The summed E-state index contributed by atoms with van der Waals surface area (Å²) in [5.74, 6) is 0.0175. The number of aryl methyl sites for hydroxylation is 1. The van der Waals surface area contributed by atoms with Crippen LogP contribution >= 0.6 is 0 Å². The van der Waals surface area contributed by atoms with Crippen LogP contribution < -0.4 is 26.2 Å². The zero-order valence-electron chi connectivity index (χ0n) is 28.8. The molecule has 0 radical (unpaired) electrons. The van der Waals surface area contributed by atoms with Crippen LogP contribution in [-0.2, 0) is 10.9 Å². The first-order valence-corrected chi connectivity index (χ1v) is 16.7. The molecule has 2 saturated heterocycles. The predicted molar refractivity (Wildman–Crippen MR) is 192 cm³/mol. The van der Waals surface area contributed by atoms with Crippen molar-refractivity contribution in [1.82, 2.24) is 19.8 Å². The van der Waals surface area contributed by atoms with Gasteiger partial charge in [0.1, 0.15) is 5.69 Å². The molecule has 3 aromatic rings. The van der Waals surface area contributed by atoms with Gasteiger partial charge in [-0.15, -0.1) is 0 Å². The molecule has 0 aliphatic carbocycles. The molecule has 1 amide bonds. The molecule has 0 saturated carbocycles. The largest absolute Gasteiger partial charge is 0.416 e. The summed E-state index contributed by atoms with van der Waals surface area (Å²) < 4.78 is 47.0. The summed E-state index contributed by atoms with van der Waals surface area (Å²) in [6, 6.07) is 8.53. The smallest absolute Gasteiger partial charge is 0.383 e. The molecule has 12 nitrogen and oxygen atoms in total. The fourth-order valence-electron chi connectivity index (χ4n) is 5.94. The van der Waals surface area contributed by atoms with Gasteiger partial charge in [0.05, 0.1) is 29.7 Å². The van der Waals surface area contributed by atoms with Crippen LogP contribution in [0.5, 0.6) is 0 Å². The van der Waals surface area contributed by atoms with Gasteiger partial charge >= 0.3 is 6.18 Å². The Kier molecular flexibility index (Phi) is 11.9. The van der Waals surface area contributed by atoms with E-state index in [2.05, 4.69) is 48.8 Å². The van der Waals surface area contributed by atoms with E-state index in [1.54, 1.807) is 37.6 Å². The molecule has 0 spiro atoms. The van der Waals surface area contributed by atoms with Gasteiger partial charge in [0, 0.05) is 83.0 Å². The number of alkyl halides is 3. The van der Waals surface area contributed by atoms with Gasteiger partial charge < -0.3 is 35.8 Å². The minimum Gasteiger partial charge on any atom is -0.383 e. The molecular weight excluding hydrogens is 649 g/mol. The topological polar surface area (TPSA) is 127 Å². The summed E-state index contributed by atoms with van der Waals surface area (Å²) in [5.41, 5.74) is 8.40. The number of hydrogen-bond acceptors (Lipinski definition) is 10. The number of hydrogen-bond donors (Lipinski definition) is 3. The lowest BCUT2D eigenvalue weighted by Crippen LogP contribution is -2.48. The summed E-state index contributed by atoms with van der Waals surface area (Å²) in [6.45, 7) is 15.8. The van der Waals surface area contributed by atoms with Crippen LogP contribution in [0.25, 0.3) is 0 Å². The Labute approximate surface area is 290 Å². The number of nitrogens with one attached hydrogen (secondary N) is 2. The third kappa shape index (κ3) is 9.08. The number of likely N-dealkylation sites (N-methyl/N-ethyl adjacent to an activating group) is 1. The van der Waals surface area contributed by atoms with Crippen molar-refractivity contribution in [3.63, 3.8) is 0 Å². The van der Waals surface area contributed by atoms with E-state index in [0.29, 0.717) is 48.4 Å². The van der Waals surface area contributed by atoms with Crippen LogP contribution in [0.4, 0.5) is 41.9 Å². The fraction of sp³-hybridized carbons (Fsp3) is 0.429. The molecule has 2 aromatic carbocycles. The third-order valence-electron chi connectivity index (χ3n) is 8.94. The monoisotopic (exact) mass is 694 g/mol. The van der Waals surface area contributed by atoms with Crippen molar-refractivity contribution in [2.75, 3.05) is 99.6 Å². The molecule has 0 bridgehead atoms. The van der Waals surface area contributed by atoms with Gasteiger partial charge in [-0.2, -0.15) is 13.2 Å². The molecule has 1 aromatic heterocycles. The molecule has 15 heteroatoms. The Balaban J connectivity index is 1.37. The quantitative estimate of drug-likeness (QED) is 0.184. The lowest BCUT2D eigenvalue weighted by Gasteiger charge is -2.36. The lowest BCUT2D eigenvalue weighted by atomic mass is 10.1. The first-order chi connectivity index (χ1) is 24.0. The highest BCUT2D eigenvalue weighted by molar-refractivity contribution is 6.06. The van der Waals surface area contributed by atoms with Gasteiger partial charge in [-0.3, -0.25) is 9.69 Å². The van der Waals surface area contributed by atoms with E-state index in [1.165, 1.54) is 6.20 Å². The molecule has 2 aliphatic heterocycles. The Morgan fingerprint density at radius 3 is 2.40 bits per heavy atom. The molecular formula is C35H45F3N10O2. The van der Waals surface area contributed by atoms with Crippen molar-refractivity contribution < 1.29 is 22.7 Å². The first-order valence-electron chi connectivity index (χ1n) is 16.7. The fourth-order valence-corrected chi connectivity index (χ4v) is 5.94. The van der Waals surface area contributed by atoms with Crippen LogP contribution in [0.3, 0.4) is 0 Å². The second-order valence-electron chi connectivity index (χ2n) is 12.2. The molecule has 2 aliphatic rings. The molecule has 0 atom stereocenters. The van der Waals surface area contributed by atoms with Gasteiger partial charge in [-0.1, -0.05) is 19.6 Å². The van der Waals surface area contributed by atoms with E-state index in [1.807, 2.05) is 11.8 Å². The Morgan fingerprint density at radius 1 is 1.04 bits per heavy atom. The maximum absolute atomic E-state index is 13.9. The molecule has 3 heterocycles. The normalized spacial score (nSPS) is 16.4. The molecule has 5 rings (SSSR count). The van der Waals surface area contributed by atoms with Crippen molar-refractivity contribution >= 4 is 40.4 Å². The van der Waals surface area contributed by atoms with Crippen molar-refractivity contribution in [3.8, 4) is 0 Å². The average Bonchev–Trinajstić information content (AvgIpc) is 3.11. The summed E-state index contributed by atoms with van der Waals surface area (Å²) >= 11 is 0. The van der Waals surface area contributed by atoms with Gasteiger partial charge in [0.25, 0.3) is 5.91 Å². The number of amidine groups is 1. The summed E-state index contributed by atoms with van der Waals surface area (Å²) in [6.07, 6.45) is -1.46. The summed E-state index contributed by atoms with van der Waals surface area (Å²) in [5, 5.41) is 5.68. The number of benzene rings is 2. The Bertz CT molecular complexity index is 1680. The van der Waals surface area contributed by atoms with Gasteiger partial charge in [-0.25, -0.2) is 15.0 Å². The maximum Gasteiger partial charge on any atom is 0.416 e. The number of carbonyl (C=O) groups excluding carboxylic acids is 1. The third-order valence-corrected chi connectivity index (χ3v) is 8.94. The zero-order chi connectivity index (χ0) is 35.8. The van der Waals surface area contributed by atoms with Crippen molar-refractivity contribution in [2.24, 2.45) is 10.7 Å². The van der Waals surface area contributed by atoms with E-state index < -0.39 is 17.6 Å². The van der Waals surface area contributed by atoms with Crippen LogP contribution in [0.1, 0.15) is 34.1 Å². The number of ether oxygens (including phenoxy) is 1. The van der Waals surface area contributed by atoms with Crippen molar-refractivity contribution in [3.05, 3.63) is 77.8 Å². The maximum atomic E-state index is 13.9. The highest BCUT2D eigenvalue weighted by Gasteiger charge is 2.32. The number of nitrogens with two attached hydrogens (primary N) is 1. The van der Waals surface area contributed by atoms with Crippen molar-refractivity contribution in [1.29, 1.82) is 0 Å². The molecule has 2 fully saturated rings. The average molecular weight is 695 g/mol. The van der Waals surface area contributed by atoms with Crippen LogP contribution in [0.15, 0.2) is 60.4 Å². The predicted octanol–water partition coefficient (Wildman–Crippen LogP) is 4.56. The lowest BCUT2D eigenvalue weighted by molar-refractivity contribution is -0.137. The minimum atomic E-state index is -4.58. The number of carbonyl (C=O) groups is 1. The number of aromatic nitrogens is 2. The number of anilines is 4. The standard InChI is InChI=1S/C35H45F3N10O2/c1-5-40-30-23-41-34(48-15-11-46(12-16-48)17-18-50-4)44-31(30)32(39)43-29-19-25(8-7-24(29)3)33(49)42-27-20-26(35(36,37)38)21-28(22-27)47-13-9-45(6-2)10-14-47/h5,7-8,19-23,40H,1,6,9-18H2,2-4H3,(H2,39,43)(H,42,49).